The summed E-state index contributed by atoms with van der Waals surface area (Å²) in [5.41, 5.74) is 6.86. The first kappa shape index (κ1) is 13.1. The van der Waals surface area contributed by atoms with E-state index in [0.717, 1.165) is 6.42 Å². The molecule has 0 aromatic heterocycles. The SMILES string of the molecule is CCC1COCCN1C(=O)c1cc2c(cc1N)OCO2. The Kier molecular flexibility index (Phi) is 3.40. The molecule has 20 heavy (non-hydrogen) atoms. The summed E-state index contributed by atoms with van der Waals surface area (Å²) in [6, 6.07) is 3.42. The molecule has 1 aromatic carbocycles. The van der Waals surface area contributed by atoms with Crippen molar-refractivity contribution in [1.82, 2.24) is 4.90 Å². The topological polar surface area (TPSA) is 74.0 Å². The number of nitrogens with zero attached hydrogens (tertiary/aromatic N) is 1. The Morgan fingerprint density at radius 3 is 2.90 bits per heavy atom. The molecule has 0 saturated carbocycles. The Bertz CT molecular complexity index is 532. The molecule has 1 atom stereocenters. The van der Waals surface area contributed by atoms with E-state index in [1.807, 2.05) is 11.8 Å². The van der Waals surface area contributed by atoms with Gasteiger partial charge < -0.3 is 24.8 Å². The molecule has 6 heteroatoms. The highest BCUT2D eigenvalue weighted by molar-refractivity contribution is 6.00. The van der Waals surface area contributed by atoms with Gasteiger partial charge in [0.15, 0.2) is 11.5 Å². The molecule has 1 amide bonds. The van der Waals surface area contributed by atoms with Gasteiger partial charge in [0.1, 0.15) is 0 Å². The van der Waals surface area contributed by atoms with E-state index in [2.05, 4.69) is 0 Å². The van der Waals surface area contributed by atoms with Crippen LogP contribution in [0, 0.1) is 0 Å². The van der Waals surface area contributed by atoms with Gasteiger partial charge in [0.25, 0.3) is 5.91 Å². The normalized spacial score (nSPS) is 21.1. The summed E-state index contributed by atoms with van der Waals surface area (Å²) in [5, 5.41) is 0. The second-order valence-corrected chi connectivity index (χ2v) is 4.93. The minimum absolute atomic E-state index is 0.0732. The van der Waals surface area contributed by atoms with Gasteiger partial charge in [-0.3, -0.25) is 4.79 Å². The Morgan fingerprint density at radius 2 is 2.15 bits per heavy atom. The molecule has 0 aliphatic carbocycles. The highest BCUT2D eigenvalue weighted by Crippen LogP contribution is 2.36. The molecule has 1 unspecified atom stereocenters. The summed E-state index contributed by atoms with van der Waals surface area (Å²) < 4.78 is 16.0. The number of morpholine rings is 1. The second kappa shape index (κ2) is 5.20. The molecule has 0 bridgehead atoms. The summed E-state index contributed by atoms with van der Waals surface area (Å²) in [6.07, 6.45) is 0.857. The van der Waals surface area contributed by atoms with Crippen molar-refractivity contribution in [2.75, 3.05) is 32.3 Å². The Hall–Kier alpha value is -1.95. The Balaban J connectivity index is 1.90. The number of benzene rings is 1. The minimum atomic E-state index is -0.0732. The number of fused-ring (bicyclic) bond motifs is 1. The maximum Gasteiger partial charge on any atom is 0.256 e. The van der Waals surface area contributed by atoms with Crippen LogP contribution in [-0.4, -0.2) is 43.4 Å². The summed E-state index contributed by atoms with van der Waals surface area (Å²) >= 11 is 0. The van der Waals surface area contributed by atoms with Gasteiger partial charge in [-0.05, 0) is 12.5 Å². The minimum Gasteiger partial charge on any atom is -0.454 e. The first-order chi connectivity index (χ1) is 9.70. The number of nitrogen functional groups attached to an aromatic ring is 1. The molecular formula is C14H18N2O4. The van der Waals surface area contributed by atoms with Crippen LogP contribution in [0.5, 0.6) is 11.5 Å². The number of hydrogen-bond acceptors (Lipinski definition) is 5. The summed E-state index contributed by atoms with van der Waals surface area (Å²) in [5.74, 6) is 1.09. The van der Waals surface area contributed by atoms with Crippen molar-refractivity contribution in [3.8, 4) is 11.5 Å². The molecule has 0 radical (unpaired) electrons. The summed E-state index contributed by atoms with van der Waals surface area (Å²) in [4.78, 5) is 14.5. The number of anilines is 1. The van der Waals surface area contributed by atoms with Gasteiger partial charge in [-0.25, -0.2) is 0 Å². The number of hydrogen-bond donors (Lipinski definition) is 1. The Morgan fingerprint density at radius 1 is 1.40 bits per heavy atom. The quantitative estimate of drug-likeness (QED) is 0.824. The zero-order valence-corrected chi connectivity index (χ0v) is 11.4. The average Bonchev–Trinajstić information content (AvgIpc) is 2.92. The maximum atomic E-state index is 12.7. The first-order valence-electron chi connectivity index (χ1n) is 6.78. The molecule has 2 aliphatic heterocycles. The zero-order chi connectivity index (χ0) is 14.1. The van der Waals surface area contributed by atoms with Crippen molar-refractivity contribution < 1.29 is 19.0 Å². The third kappa shape index (κ3) is 2.16. The molecule has 2 N–H and O–H groups in total. The number of amides is 1. The smallest absolute Gasteiger partial charge is 0.256 e. The fourth-order valence-electron chi connectivity index (χ4n) is 2.56. The van der Waals surface area contributed by atoms with Crippen molar-refractivity contribution in [1.29, 1.82) is 0 Å². The lowest BCUT2D eigenvalue weighted by molar-refractivity contribution is -0.00275. The molecule has 3 rings (SSSR count). The van der Waals surface area contributed by atoms with Gasteiger partial charge in [0.05, 0.1) is 24.8 Å². The van der Waals surface area contributed by atoms with Gasteiger partial charge in [0.2, 0.25) is 6.79 Å². The largest absolute Gasteiger partial charge is 0.454 e. The molecule has 108 valence electrons. The third-order valence-electron chi connectivity index (χ3n) is 3.73. The number of carbonyl (C=O) groups is 1. The van der Waals surface area contributed by atoms with E-state index in [1.165, 1.54) is 0 Å². The van der Waals surface area contributed by atoms with Gasteiger partial charge in [-0.1, -0.05) is 6.92 Å². The fourth-order valence-corrected chi connectivity index (χ4v) is 2.56. The fraction of sp³-hybridized carbons (Fsp3) is 0.500. The highest BCUT2D eigenvalue weighted by atomic mass is 16.7. The lowest BCUT2D eigenvalue weighted by atomic mass is 10.1. The standard InChI is InChI=1S/C14H18N2O4/c1-2-9-7-18-4-3-16(9)14(17)10-5-12-13(6-11(10)15)20-8-19-12/h5-6,9H,2-4,7-8,15H2,1H3. The number of rotatable bonds is 2. The average molecular weight is 278 g/mol. The van der Waals surface area contributed by atoms with E-state index in [1.54, 1.807) is 12.1 Å². The van der Waals surface area contributed by atoms with E-state index in [-0.39, 0.29) is 18.7 Å². The predicted octanol–water partition coefficient (Wildman–Crippen LogP) is 1.25. The van der Waals surface area contributed by atoms with Crippen LogP contribution in [0.3, 0.4) is 0 Å². The molecule has 2 aliphatic rings. The second-order valence-electron chi connectivity index (χ2n) is 4.93. The number of ether oxygens (including phenoxy) is 3. The van der Waals surface area contributed by atoms with Crippen LogP contribution in [0.25, 0.3) is 0 Å². The number of carbonyl (C=O) groups excluding carboxylic acids is 1. The van der Waals surface area contributed by atoms with Gasteiger partial charge in [-0.15, -0.1) is 0 Å². The Labute approximate surface area is 117 Å². The maximum absolute atomic E-state index is 12.7. The third-order valence-corrected chi connectivity index (χ3v) is 3.73. The highest BCUT2D eigenvalue weighted by Gasteiger charge is 2.29. The van der Waals surface area contributed by atoms with Crippen LogP contribution in [-0.2, 0) is 4.74 Å². The van der Waals surface area contributed by atoms with Gasteiger partial charge in [-0.2, -0.15) is 0 Å². The lowest BCUT2D eigenvalue weighted by Crippen LogP contribution is -2.48. The van der Waals surface area contributed by atoms with E-state index in [4.69, 9.17) is 19.9 Å². The molecule has 0 spiro atoms. The number of nitrogens with two attached hydrogens (primary N) is 1. The van der Waals surface area contributed by atoms with Crippen molar-refractivity contribution >= 4 is 11.6 Å². The summed E-state index contributed by atoms with van der Waals surface area (Å²) in [7, 11) is 0. The molecular weight excluding hydrogens is 260 g/mol. The van der Waals surface area contributed by atoms with E-state index >= 15 is 0 Å². The van der Waals surface area contributed by atoms with Crippen molar-refractivity contribution in [3.63, 3.8) is 0 Å². The van der Waals surface area contributed by atoms with Crippen LogP contribution in [0.2, 0.25) is 0 Å². The van der Waals surface area contributed by atoms with Crippen LogP contribution < -0.4 is 15.2 Å². The van der Waals surface area contributed by atoms with Crippen LogP contribution in [0.1, 0.15) is 23.7 Å². The van der Waals surface area contributed by atoms with Gasteiger partial charge in [0, 0.05) is 18.3 Å². The predicted molar refractivity (Wildman–Crippen MR) is 72.9 cm³/mol. The van der Waals surface area contributed by atoms with Crippen LogP contribution >= 0.6 is 0 Å². The molecule has 1 fully saturated rings. The molecule has 1 aromatic rings. The molecule has 6 nitrogen and oxygen atoms in total. The zero-order valence-electron chi connectivity index (χ0n) is 11.4. The van der Waals surface area contributed by atoms with E-state index in [0.29, 0.717) is 42.5 Å². The van der Waals surface area contributed by atoms with Crippen LogP contribution in [0.15, 0.2) is 12.1 Å². The first-order valence-corrected chi connectivity index (χ1v) is 6.78. The van der Waals surface area contributed by atoms with Crippen molar-refractivity contribution in [2.24, 2.45) is 0 Å². The summed E-state index contributed by atoms with van der Waals surface area (Å²) in [6.45, 7) is 3.94. The van der Waals surface area contributed by atoms with E-state index in [9.17, 15) is 4.79 Å². The van der Waals surface area contributed by atoms with E-state index < -0.39 is 0 Å². The molecule has 1 saturated heterocycles. The molecule has 2 heterocycles. The van der Waals surface area contributed by atoms with Gasteiger partial charge >= 0.3 is 0 Å². The van der Waals surface area contributed by atoms with Crippen molar-refractivity contribution in [3.05, 3.63) is 17.7 Å². The van der Waals surface area contributed by atoms with Crippen molar-refractivity contribution in [2.45, 2.75) is 19.4 Å². The monoisotopic (exact) mass is 278 g/mol. The lowest BCUT2D eigenvalue weighted by Gasteiger charge is -2.35. The van der Waals surface area contributed by atoms with Crippen LogP contribution in [0.4, 0.5) is 5.69 Å².